The number of aromatic amines is 1. The molecule has 2 rings (SSSR count). The molecule has 0 amide bonds. The van der Waals surface area contributed by atoms with E-state index in [1.54, 1.807) is 0 Å². The van der Waals surface area contributed by atoms with Gasteiger partial charge in [-0.25, -0.2) is 0 Å². The minimum Gasteiger partial charge on any atom is -0.310 e. The molecule has 1 heterocycles. The molecule has 0 radical (unpaired) electrons. The van der Waals surface area contributed by atoms with Gasteiger partial charge in [0, 0.05) is 5.69 Å². The zero-order chi connectivity index (χ0) is 10.2. The lowest BCUT2D eigenvalue weighted by Crippen LogP contribution is -2.34. The molecule has 0 bridgehead atoms. The van der Waals surface area contributed by atoms with E-state index in [2.05, 4.69) is 29.4 Å². The van der Waals surface area contributed by atoms with Crippen LogP contribution < -0.4 is 5.32 Å². The number of aromatic nitrogens is 2. The molecule has 78 valence electrons. The summed E-state index contributed by atoms with van der Waals surface area (Å²) in [7, 11) is 1.99. The molecule has 0 saturated carbocycles. The monoisotopic (exact) mass is 193 g/mol. The molecule has 3 heteroatoms. The second-order valence-corrected chi connectivity index (χ2v) is 4.61. The lowest BCUT2D eigenvalue weighted by molar-refractivity contribution is 0.426. The second kappa shape index (κ2) is 3.39. The van der Waals surface area contributed by atoms with Crippen LogP contribution in [-0.2, 0) is 18.4 Å². The van der Waals surface area contributed by atoms with Crippen molar-refractivity contribution in [1.82, 2.24) is 15.5 Å². The largest absolute Gasteiger partial charge is 0.310 e. The second-order valence-electron chi connectivity index (χ2n) is 4.61. The normalized spacial score (nSPS) is 16.8. The summed E-state index contributed by atoms with van der Waals surface area (Å²) in [6, 6.07) is 0. The van der Waals surface area contributed by atoms with Crippen molar-refractivity contribution in [2.75, 3.05) is 7.05 Å². The zero-order valence-electron chi connectivity index (χ0n) is 9.28. The maximum Gasteiger partial charge on any atom is 0.0851 e. The standard InChI is InChI=1S/C11H19N3/c1-11(2,12-3)10-8-6-4-5-7-9(8)13-14-10/h12H,4-7H2,1-3H3,(H,13,14). The molecule has 2 N–H and O–H groups in total. The highest BCUT2D eigenvalue weighted by Gasteiger charge is 2.27. The maximum absolute atomic E-state index is 4.45. The van der Waals surface area contributed by atoms with Gasteiger partial charge in [-0.2, -0.15) is 5.10 Å². The van der Waals surface area contributed by atoms with Crippen LogP contribution in [0.4, 0.5) is 0 Å². The topological polar surface area (TPSA) is 40.7 Å². The van der Waals surface area contributed by atoms with Crippen molar-refractivity contribution >= 4 is 0 Å². The summed E-state index contributed by atoms with van der Waals surface area (Å²) in [6.45, 7) is 4.36. The zero-order valence-corrected chi connectivity index (χ0v) is 9.28. The van der Waals surface area contributed by atoms with Gasteiger partial charge in [0.2, 0.25) is 0 Å². The molecule has 0 aliphatic heterocycles. The van der Waals surface area contributed by atoms with E-state index in [9.17, 15) is 0 Å². The Labute approximate surface area is 85.3 Å². The van der Waals surface area contributed by atoms with Gasteiger partial charge in [-0.1, -0.05) is 0 Å². The Bertz CT molecular complexity index is 325. The minimum absolute atomic E-state index is 0.0125. The van der Waals surface area contributed by atoms with Gasteiger partial charge in [0.05, 0.1) is 11.2 Å². The molecule has 0 spiro atoms. The van der Waals surface area contributed by atoms with E-state index in [0.29, 0.717) is 0 Å². The highest BCUT2D eigenvalue weighted by atomic mass is 15.2. The SMILES string of the molecule is CNC(C)(C)c1n[nH]c2c1CCCC2. The molecule has 14 heavy (non-hydrogen) atoms. The summed E-state index contributed by atoms with van der Waals surface area (Å²) in [5.41, 5.74) is 4.00. The van der Waals surface area contributed by atoms with Crippen LogP contribution in [-0.4, -0.2) is 17.2 Å². The third-order valence-electron chi connectivity index (χ3n) is 3.27. The van der Waals surface area contributed by atoms with E-state index in [-0.39, 0.29) is 5.54 Å². The fourth-order valence-corrected chi connectivity index (χ4v) is 2.12. The van der Waals surface area contributed by atoms with Gasteiger partial charge < -0.3 is 5.32 Å². The van der Waals surface area contributed by atoms with Gasteiger partial charge in [0.25, 0.3) is 0 Å². The van der Waals surface area contributed by atoms with Crippen molar-refractivity contribution in [2.24, 2.45) is 0 Å². The van der Waals surface area contributed by atoms with Crippen molar-refractivity contribution in [2.45, 2.75) is 45.1 Å². The van der Waals surface area contributed by atoms with Crippen LogP contribution in [0.15, 0.2) is 0 Å². The van der Waals surface area contributed by atoms with E-state index in [1.165, 1.54) is 42.6 Å². The van der Waals surface area contributed by atoms with Crippen LogP contribution in [0.1, 0.15) is 43.6 Å². The van der Waals surface area contributed by atoms with Gasteiger partial charge >= 0.3 is 0 Å². The number of fused-ring (bicyclic) bond motifs is 1. The molecule has 0 atom stereocenters. The van der Waals surface area contributed by atoms with Gasteiger partial charge in [-0.15, -0.1) is 0 Å². The number of nitrogens with zero attached hydrogens (tertiary/aromatic N) is 1. The Morgan fingerprint density at radius 3 is 2.71 bits per heavy atom. The Kier molecular flexibility index (Phi) is 2.35. The maximum atomic E-state index is 4.45. The van der Waals surface area contributed by atoms with Crippen molar-refractivity contribution in [3.63, 3.8) is 0 Å². The quantitative estimate of drug-likeness (QED) is 0.751. The first kappa shape index (κ1) is 9.71. The molecular formula is C11H19N3. The van der Waals surface area contributed by atoms with E-state index in [1.807, 2.05) is 7.05 Å². The molecule has 0 aromatic carbocycles. The Morgan fingerprint density at radius 2 is 2.00 bits per heavy atom. The molecular weight excluding hydrogens is 174 g/mol. The summed E-state index contributed by atoms with van der Waals surface area (Å²) in [4.78, 5) is 0. The van der Waals surface area contributed by atoms with Crippen LogP contribution in [0.25, 0.3) is 0 Å². The number of H-pyrrole nitrogens is 1. The first-order chi connectivity index (χ1) is 6.65. The summed E-state index contributed by atoms with van der Waals surface area (Å²) in [5.74, 6) is 0. The van der Waals surface area contributed by atoms with Crippen LogP contribution in [0.3, 0.4) is 0 Å². The van der Waals surface area contributed by atoms with Crippen LogP contribution in [0.2, 0.25) is 0 Å². The Morgan fingerprint density at radius 1 is 1.29 bits per heavy atom. The van der Waals surface area contributed by atoms with Crippen molar-refractivity contribution < 1.29 is 0 Å². The van der Waals surface area contributed by atoms with Crippen molar-refractivity contribution in [3.8, 4) is 0 Å². The lowest BCUT2D eigenvalue weighted by atomic mass is 9.89. The summed E-state index contributed by atoms with van der Waals surface area (Å²) < 4.78 is 0. The van der Waals surface area contributed by atoms with E-state index >= 15 is 0 Å². The lowest BCUT2D eigenvalue weighted by Gasteiger charge is -2.24. The third-order valence-corrected chi connectivity index (χ3v) is 3.27. The fourth-order valence-electron chi connectivity index (χ4n) is 2.12. The highest BCUT2D eigenvalue weighted by molar-refractivity contribution is 5.32. The first-order valence-electron chi connectivity index (χ1n) is 5.40. The summed E-state index contributed by atoms with van der Waals surface area (Å²) in [5, 5.41) is 10.9. The predicted molar refractivity (Wildman–Crippen MR) is 57.3 cm³/mol. The number of hydrogen-bond donors (Lipinski definition) is 2. The van der Waals surface area contributed by atoms with Gasteiger partial charge in [-0.3, -0.25) is 5.10 Å². The Balaban J connectivity index is 2.39. The summed E-state index contributed by atoms with van der Waals surface area (Å²) >= 11 is 0. The highest BCUT2D eigenvalue weighted by Crippen LogP contribution is 2.28. The average molecular weight is 193 g/mol. The molecule has 1 aromatic heterocycles. The molecule has 1 aromatic rings. The van der Waals surface area contributed by atoms with Gasteiger partial charge in [0.1, 0.15) is 0 Å². The number of nitrogens with one attached hydrogen (secondary N) is 2. The average Bonchev–Trinajstić information content (AvgIpc) is 2.61. The molecule has 1 aliphatic rings. The fraction of sp³-hybridized carbons (Fsp3) is 0.727. The number of hydrogen-bond acceptors (Lipinski definition) is 2. The van der Waals surface area contributed by atoms with Crippen molar-refractivity contribution in [3.05, 3.63) is 17.0 Å². The molecule has 3 nitrogen and oxygen atoms in total. The third kappa shape index (κ3) is 1.46. The van der Waals surface area contributed by atoms with E-state index in [0.717, 1.165) is 0 Å². The molecule has 0 saturated heterocycles. The predicted octanol–water partition coefficient (Wildman–Crippen LogP) is 1.74. The minimum atomic E-state index is -0.0125. The smallest absolute Gasteiger partial charge is 0.0851 e. The molecule has 0 unspecified atom stereocenters. The van der Waals surface area contributed by atoms with Crippen LogP contribution in [0, 0.1) is 0 Å². The van der Waals surface area contributed by atoms with Gasteiger partial charge in [-0.05, 0) is 52.1 Å². The summed E-state index contributed by atoms with van der Waals surface area (Å²) in [6.07, 6.45) is 4.96. The van der Waals surface area contributed by atoms with Gasteiger partial charge in [0.15, 0.2) is 0 Å². The Hall–Kier alpha value is -0.830. The van der Waals surface area contributed by atoms with E-state index in [4.69, 9.17) is 0 Å². The van der Waals surface area contributed by atoms with Crippen LogP contribution in [0.5, 0.6) is 0 Å². The van der Waals surface area contributed by atoms with Crippen LogP contribution >= 0.6 is 0 Å². The number of rotatable bonds is 2. The van der Waals surface area contributed by atoms with Crippen molar-refractivity contribution in [1.29, 1.82) is 0 Å². The molecule has 1 aliphatic carbocycles. The molecule has 0 fully saturated rings. The first-order valence-corrected chi connectivity index (χ1v) is 5.40. The van der Waals surface area contributed by atoms with E-state index < -0.39 is 0 Å². The number of aryl methyl sites for hydroxylation is 1.